The van der Waals surface area contributed by atoms with Gasteiger partial charge in [0.25, 0.3) is 10.0 Å². The first-order valence-corrected chi connectivity index (χ1v) is 14.5. The molecule has 12 heteroatoms. The molecule has 3 aromatic rings. The highest BCUT2D eigenvalue weighted by Gasteiger charge is 2.33. The van der Waals surface area contributed by atoms with Crippen molar-refractivity contribution in [3.05, 3.63) is 92.4 Å². The van der Waals surface area contributed by atoms with E-state index >= 15 is 0 Å². The van der Waals surface area contributed by atoms with E-state index < -0.39 is 34.4 Å². The average molecular weight is 617 g/mol. The van der Waals surface area contributed by atoms with Gasteiger partial charge in [-0.3, -0.25) is 13.9 Å². The minimum atomic E-state index is -4.26. The second-order valence-corrected chi connectivity index (χ2v) is 11.7. The van der Waals surface area contributed by atoms with E-state index in [-0.39, 0.29) is 32.2 Å². The van der Waals surface area contributed by atoms with E-state index in [4.69, 9.17) is 46.4 Å². The van der Waals surface area contributed by atoms with Gasteiger partial charge in [-0.15, -0.1) is 0 Å². The van der Waals surface area contributed by atoms with Crippen molar-refractivity contribution in [3.8, 4) is 0 Å². The zero-order chi connectivity index (χ0) is 28.0. The minimum Gasteiger partial charge on any atom is -0.355 e. The van der Waals surface area contributed by atoms with Crippen molar-refractivity contribution in [2.24, 2.45) is 0 Å². The van der Waals surface area contributed by atoms with E-state index in [1.165, 1.54) is 35.2 Å². The van der Waals surface area contributed by atoms with E-state index in [1.54, 1.807) is 50.2 Å². The largest absolute Gasteiger partial charge is 0.355 e. The molecule has 0 radical (unpaired) electrons. The van der Waals surface area contributed by atoms with Crippen LogP contribution in [-0.2, 0) is 26.2 Å². The van der Waals surface area contributed by atoms with Crippen LogP contribution >= 0.6 is 46.4 Å². The second-order valence-electron chi connectivity index (χ2n) is 8.24. The van der Waals surface area contributed by atoms with Crippen molar-refractivity contribution in [2.45, 2.75) is 31.3 Å². The number of nitrogens with one attached hydrogen (secondary N) is 1. The molecule has 3 rings (SSSR count). The summed E-state index contributed by atoms with van der Waals surface area (Å²) in [5.74, 6) is -1.05. The summed E-state index contributed by atoms with van der Waals surface area (Å²) >= 11 is 24.8. The van der Waals surface area contributed by atoms with E-state index in [0.29, 0.717) is 17.1 Å². The Bertz CT molecular complexity index is 1420. The number of carbonyl (C=O) groups is 2. The number of carbonyl (C=O) groups excluding carboxylic acids is 2. The minimum absolute atomic E-state index is 0.0246. The van der Waals surface area contributed by atoms with E-state index in [0.717, 1.165) is 4.31 Å². The highest BCUT2D eigenvalue weighted by Crippen LogP contribution is 2.35. The summed E-state index contributed by atoms with van der Waals surface area (Å²) in [5.41, 5.74) is 0.624. The maximum atomic E-state index is 13.8. The van der Waals surface area contributed by atoms with Gasteiger partial charge in [0.15, 0.2) is 0 Å². The van der Waals surface area contributed by atoms with Gasteiger partial charge >= 0.3 is 0 Å². The fraction of sp³-hybridized carbons (Fsp3) is 0.231. The lowest BCUT2D eigenvalue weighted by atomic mass is 10.1. The van der Waals surface area contributed by atoms with E-state index in [1.807, 2.05) is 0 Å². The lowest BCUT2D eigenvalue weighted by molar-refractivity contribution is -0.139. The number of anilines is 1. The molecule has 0 aliphatic rings. The number of hydrogen-bond donors (Lipinski definition) is 1. The van der Waals surface area contributed by atoms with Gasteiger partial charge in [-0.1, -0.05) is 76.7 Å². The zero-order valence-corrected chi connectivity index (χ0v) is 24.3. The van der Waals surface area contributed by atoms with Crippen LogP contribution in [0.2, 0.25) is 20.1 Å². The maximum absolute atomic E-state index is 13.8. The Balaban J connectivity index is 2.07. The smallest absolute Gasteiger partial charge is 0.264 e. The lowest BCUT2D eigenvalue weighted by Gasteiger charge is -2.32. The van der Waals surface area contributed by atoms with Gasteiger partial charge in [0, 0.05) is 13.1 Å². The molecule has 0 aliphatic carbocycles. The van der Waals surface area contributed by atoms with Crippen molar-refractivity contribution in [3.63, 3.8) is 0 Å². The summed E-state index contributed by atoms with van der Waals surface area (Å²) in [6, 6.07) is 16.0. The molecule has 1 unspecified atom stereocenters. The molecule has 0 saturated carbocycles. The summed E-state index contributed by atoms with van der Waals surface area (Å²) in [6.45, 7) is 2.98. The van der Waals surface area contributed by atoms with Crippen molar-refractivity contribution in [2.75, 3.05) is 17.4 Å². The van der Waals surface area contributed by atoms with Gasteiger partial charge in [0.2, 0.25) is 11.8 Å². The van der Waals surface area contributed by atoms with Gasteiger partial charge in [0.1, 0.15) is 12.6 Å². The molecular weight excluding hydrogens is 592 g/mol. The average Bonchev–Trinajstić information content (AvgIpc) is 2.89. The third-order valence-corrected chi connectivity index (χ3v) is 8.99. The number of hydrogen-bond acceptors (Lipinski definition) is 4. The number of halogens is 4. The first kappa shape index (κ1) is 30.1. The Morgan fingerprint density at radius 3 is 2.21 bits per heavy atom. The maximum Gasteiger partial charge on any atom is 0.264 e. The topological polar surface area (TPSA) is 86.8 Å². The molecule has 0 fully saturated rings. The first-order chi connectivity index (χ1) is 18.0. The fourth-order valence-corrected chi connectivity index (χ4v) is 5.87. The Morgan fingerprint density at radius 1 is 0.895 bits per heavy atom. The van der Waals surface area contributed by atoms with Crippen LogP contribution < -0.4 is 9.62 Å². The van der Waals surface area contributed by atoms with Gasteiger partial charge in [0.05, 0.1) is 30.7 Å². The normalized spacial score (nSPS) is 12.1. The second kappa shape index (κ2) is 13.0. The van der Waals surface area contributed by atoms with Gasteiger partial charge in [-0.25, -0.2) is 8.42 Å². The third-order valence-electron chi connectivity index (χ3n) is 5.67. The Hall–Kier alpha value is -2.49. The van der Waals surface area contributed by atoms with Gasteiger partial charge in [-0.2, -0.15) is 0 Å². The molecule has 1 N–H and O–H groups in total. The summed E-state index contributed by atoms with van der Waals surface area (Å²) in [4.78, 5) is 27.8. The number of likely N-dealkylation sites (N-methyl/N-ethyl adjacent to an activating group) is 1. The van der Waals surface area contributed by atoms with E-state index in [2.05, 4.69) is 5.32 Å². The molecule has 0 aromatic heterocycles. The zero-order valence-electron chi connectivity index (χ0n) is 20.5. The molecule has 0 saturated heterocycles. The molecule has 0 heterocycles. The van der Waals surface area contributed by atoms with Crippen molar-refractivity contribution in [1.29, 1.82) is 0 Å². The molecule has 0 spiro atoms. The van der Waals surface area contributed by atoms with Gasteiger partial charge in [-0.05, 0) is 55.8 Å². The van der Waals surface area contributed by atoms with Crippen LogP contribution in [-0.4, -0.2) is 44.3 Å². The molecule has 0 bridgehead atoms. The SMILES string of the molecule is CCNC(=O)C(C)N(Cc1ccc(Cl)c(Cl)c1)C(=O)CN(c1cccc(Cl)c1Cl)S(=O)(=O)c1ccccc1. The standard InChI is InChI=1S/C26H25Cl4N3O4S/c1-3-31-26(35)17(2)32(15-18-12-13-20(27)22(29)14-18)24(34)16-33(23-11-7-10-21(28)25(23)30)38(36,37)19-8-5-4-6-9-19/h4-14,17H,3,15-16H2,1-2H3,(H,31,35). The highest BCUT2D eigenvalue weighted by atomic mass is 35.5. The quantitative estimate of drug-likeness (QED) is 0.300. The number of rotatable bonds is 10. The monoisotopic (exact) mass is 615 g/mol. The van der Waals surface area contributed by atoms with Crippen LogP contribution in [0.25, 0.3) is 0 Å². The van der Waals surface area contributed by atoms with Crippen LogP contribution in [0.15, 0.2) is 71.6 Å². The molecule has 1 atom stereocenters. The number of nitrogens with zero attached hydrogens (tertiary/aromatic N) is 2. The highest BCUT2D eigenvalue weighted by molar-refractivity contribution is 7.92. The molecule has 202 valence electrons. The van der Waals surface area contributed by atoms with Crippen LogP contribution in [0.1, 0.15) is 19.4 Å². The van der Waals surface area contributed by atoms with Crippen LogP contribution in [0.5, 0.6) is 0 Å². The lowest BCUT2D eigenvalue weighted by Crippen LogP contribution is -2.51. The molecular formula is C26H25Cl4N3O4S. The summed E-state index contributed by atoms with van der Waals surface area (Å²) < 4.78 is 28.4. The fourth-order valence-electron chi connectivity index (χ4n) is 3.66. The molecule has 3 aromatic carbocycles. The van der Waals surface area contributed by atoms with Crippen molar-refractivity contribution >= 4 is 73.9 Å². The predicted octanol–water partition coefficient (Wildman–Crippen LogP) is 6.05. The molecule has 0 aliphatic heterocycles. The molecule has 7 nitrogen and oxygen atoms in total. The van der Waals surface area contributed by atoms with Crippen molar-refractivity contribution < 1.29 is 18.0 Å². The van der Waals surface area contributed by atoms with Crippen molar-refractivity contribution in [1.82, 2.24) is 10.2 Å². The van der Waals surface area contributed by atoms with Crippen LogP contribution in [0, 0.1) is 0 Å². The summed E-state index contributed by atoms with van der Waals surface area (Å²) in [5, 5.41) is 3.39. The Kier molecular flexibility index (Phi) is 10.3. The van der Waals surface area contributed by atoms with E-state index in [9.17, 15) is 18.0 Å². The first-order valence-electron chi connectivity index (χ1n) is 11.5. The third kappa shape index (κ3) is 6.93. The van der Waals surface area contributed by atoms with Crippen LogP contribution in [0.4, 0.5) is 5.69 Å². The Labute approximate surface area is 242 Å². The predicted molar refractivity (Wildman–Crippen MR) is 153 cm³/mol. The summed E-state index contributed by atoms with van der Waals surface area (Å²) in [6.07, 6.45) is 0. The number of benzene rings is 3. The Morgan fingerprint density at radius 2 is 1.58 bits per heavy atom. The summed E-state index contributed by atoms with van der Waals surface area (Å²) in [7, 11) is -4.26. The molecule has 2 amide bonds. The van der Waals surface area contributed by atoms with Gasteiger partial charge < -0.3 is 10.2 Å². The number of sulfonamides is 1. The van der Waals surface area contributed by atoms with Crippen LogP contribution in [0.3, 0.4) is 0 Å². The molecule has 38 heavy (non-hydrogen) atoms. The number of amides is 2.